The Morgan fingerprint density at radius 3 is 1.73 bits per heavy atom. The van der Waals surface area contributed by atoms with Gasteiger partial charge in [0, 0.05) is 0 Å². The molecule has 2 nitrogen and oxygen atoms in total. The van der Waals surface area contributed by atoms with Gasteiger partial charge in [0.1, 0.15) is 8.07 Å². The van der Waals surface area contributed by atoms with E-state index in [1.54, 1.807) is 0 Å². The number of ether oxygens (including phenoxy) is 2. The molecule has 1 aliphatic heterocycles. The Labute approximate surface area is 138 Å². The highest BCUT2D eigenvalue weighted by Crippen LogP contribution is 2.40. The third kappa shape index (κ3) is 4.62. The van der Waals surface area contributed by atoms with Gasteiger partial charge in [0.15, 0.2) is 5.79 Å². The monoisotopic (exact) mass is 320 g/mol. The van der Waals surface area contributed by atoms with Crippen molar-refractivity contribution in [2.24, 2.45) is 5.92 Å². The highest BCUT2D eigenvalue weighted by Gasteiger charge is 2.41. The summed E-state index contributed by atoms with van der Waals surface area (Å²) in [5.41, 5.74) is 5.55. The van der Waals surface area contributed by atoms with Crippen LogP contribution in [0.15, 0.2) is 0 Å². The van der Waals surface area contributed by atoms with Crippen LogP contribution < -0.4 is 0 Å². The van der Waals surface area contributed by atoms with Crippen molar-refractivity contribution in [3.63, 3.8) is 0 Å². The number of hydrogen-bond acceptors (Lipinski definition) is 2. The minimum atomic E-state index is -1.66. The first-order valence-electron chi connectivity index (χ1n) is 8.42. The van der Waals surface area contributed by atoms with Gasteiger partial charge in [-0.15, -0.1) is 5.54 Å². The van der Waals surface area contributed by atoms with Crippen LogP contribution >= 0.6 is 0 Å². The zero-order valence-corrected chi connectivity index (χ0v) is 16.5. The van der Waals surface area contributed by atoms with Crippen LogP contribution in [0.3, 0.4) is 0 Å². The summed E-state index contributed by atoms with van der Waals surface area (Å²) in [5.74, 6) is 9.10. The normalized spacial score (nSPS) is 18.9. The Balaban J connectivity index is 2.83. The fraction of sp³-hybridized carbons (Fsp3) is 0.789. The summed E-state index contributed by atoms with van der Waals surface area (Å²) in [5, 5.41) is 0. The van der Waals surface area contributed by atoms with E-state index in [2.05, 4.69) is 64.8 Å². The lowest BCUT2D eigenvalue weighted by atomic mass is 10.1. The molecule has 0 aromatic rings. The van der Waals surface area contributed by atoms with Gasteiger partial charge in [0.2, 0.25) is 0 Å². The van der Waals surface area contributed by atoms with Gasteiger partial charge in [-0.1, -0.05) is 47.5 Å². The van der Waals surface area contributed by atoms with Gasteiger partial charge in [0.05, 0.1) is 19.1 Å². The third-order valence-electron chi connectivity index (χ3n) is 4.75. The lowest BCUT2D eigenvalue weighted by Gasteiger charge is -2.37. The molecule has 22 heavy (non-hydrogen) atoms. The largest absolute Gasteiger partial charge is 0.349 e. The Morgan fingerprint density at radius 2 is 1.32 bits per heavy atom. The molecule has 1 aliphatic rings. The summed E-state index contributed by atoms with van der Waals surface area (Å²) in [7, 11) is -1.66. The lowest BCUT2D eigenvalue weighted by molar-refractivity contribution is -0.254. The summed E-state index contributed by atoms with van der Waals surface area (Å²) < 4.78 is 11.3. The highest BCUT2D eigenvalue weighted by molar-refractivity contribution is 6.90. The molecule has 0 aliphatic carbocycles. The molecule has 0 saturated carbocycles. The van der Waals surface area contributed by atoms with Gasteiger partial charge in [-0.3, -0.25) is 0 Å². The second-order valence-electron chi connectivity index (χ2n) is 7.64. The van der Waals surface area contributed by atoms with Gasteiger partial charge in [-0.25, -0.2) is 0 Å². The zero-order chi connectivity index (χ0) is 17.0. The van der Waals surface area contributed by atoms with E-state index in [1.807, 2.05) is 13.8 Å². The standard InChI is InChI=1S/C19H32O2Si/c1-15(2)22(16(3)4,17(5)6)12-10-9-11-18-13-20-19(7,8)21-14-18/h15-18H,13-14H2,1-8H3. The molecule has 0 atom stereocenters. The third-order valence-corrected chi connectivity index (χ3v) is 11.0. The predicted molar refractivity (Wildman–Crippen MR) is 96.1 cm³/mol. The number of rotatable bonds is 3. The Hall–Kier alpha value is -0.743. The molecule has 0 aromatic carbocycles. The van der Waals surface area contributed by atoms with E-state index >= 15 is 0 Å². The van der Waals surface area contributed by atoms with Crippen LogP contribution in [0, 0.1) is 29.2 Å². The van der Waals surface area contributed by atoms with Crippen molar-refractivity contribution in [3.8, 4) is 23.3 Å². The zero-order valence-electron chi connectivity index (χ0n) is 15.5. The van der Waals surface area contributed by atoms with Gasteiger partial charge >= 0.3 is 0 Å². The first-order chi connectivity index (χ1) is 10.1. The topological polar surface area (TPSA) is 18.5 Å². The minimum Gasteiger partial charge on any atom is -0.349 e. The maximum atomic E-state index is 5.63. The van der Waals surface area contributed by atoms with E-state index < -0.39 is 13.9 Å². The fourth-order valence-corrected chi connectivity index (χ4v) is 8.63. The summed E-state index contributed by atoms with van der Waals surface area (Å²) in [6.07, 6.45) is 0. The van der Waals surface area contributed by atoms with Crippen molar-refractivity contribution in [2.75, 3.05) is 13.2 Å². The first-order valence-corrected chi connectivity index (χ1v) is 10.7. The molecule has 0 N–H and O–H groups in total. The molecule has 0 unspecified atom stereocenters. The summed E-state index contributed by atoms with van der Waals surface area (Å²) >= 11 is 0. The molecular weight excluding hydrogens is 288 g/mol. The molecule has 124 valence electrons. The second kappa shape index (κ2) is 7.69. The summed E-state index contributed by atoms with van der Waals surface area (Å²) in [4.78, 5) is 0. The molecule has 0 bridgehead atoms. The van der Waals surface area contributed by atoms with Crippen molar-refractivity contribution in [1.29, 1.82) is 0 Å². The maximum Gasteiger partial charge on any atom is 0.162 e. The van der Waals surface area contributed by atoms with E-state index in [0.717, 1.165) is 0 Å². The molecule has 1 saturated heterocycles. The van der Waals surface area contributed by atoms with Crippen LogP contribution in [0.4, 0.5) is 0 Å². The average Bonchev–Trinajstić information content (AvgIpc) is 2.39. The molecular formula is C19H32O2Si. The molecule has 0 spiro atoms. The molecule has 0 amide bonds. The minimum absolute atomic E-state index is 0.135. The SMILES string of the molecule is CC(C)[Si](C#CC#CC1COC(C)(C)OC1)(C(C)C)C(C)C. The number of hydrogen-bond donors (Lipinski definition) is 0. The fourth-order valence-electron chi connectivity index (χ4n) is 3.49. The molecule has 0 radical (unpaired) electrons. The quantitative estimate of drug-likeness (QED) is 0.558. The van der Waals surface area contributed by atoms with Gasteiger partial charge in [-0.2, -0.15) is 0 Å². The first kappa shape index (κ1) is 19.3. The van der Waals surface area contributed by atoms with Crippen LogP contribution in [-0.4, -0.2) is 27.1 Å². The van der Waals surface area contributed by atoms with E-state index in [-0.39, 0.29) is 5.92 Å². The Morgan fingerprint density at radius 1 is 0.864 bits per heavy atom. The smallest absolute Gasteiger partial charge is 0.162 e. The molecule has 0 aromatic heterocycles. The van der Waals surface area contributed by atoms with Crippen LogP contribution in [-0.2, 0) is 9.47 Å². The average molecular weight is 321 g/mol. The van der Waals surface area contributed by atoms with Crippen LogP contribution in [0.5, 0.6) is 0 Å². The van der Waals surface area contributed by atoms with Crippen molar-refractivity contribution < 1.29 is 9.47 Å². The van der Waals surface area contributed by atoms with Gasteiger partial charge < -0.3 is 9.47 Å². The molecule has 1 fully saturated rings. The van der Waals surface area contributed by atoms with Gasteiger partial charge in [0.25, 0.3) is 0 Å². The molecule has 1 rings (SSSR count). The van der Waals surface area contributed by atoms with Crippen molar-refractivity contribution >= 4 is 8.07 Å². The van der Waals surface area contributed by atoms with E-state index in [1.165, 1.54) is 0 Å². The van der Waals surface area contributed by atoms with Gasteiger partial charge in [-0.05, 0) is 42.3 Å². The lowest BCUT2D eigenvalue weighted by Crippen LogP contribution is -2.43. The van der Waals surface area contributed by atoms with Crippen LogP contribution in [0.25, 0.3) is 0 Å². The van der Waals surface area contributed by atoms with Crippen molar-refractivity contribution in [2.45, 2.75) is 77.8 Å². The Bertz CT molecular complexity index is 451. The Kier molecular flexibility index (Phi) is 6.75. The highest BCUT2D eigenvalue weighted by atomic mass is 28.3. The predicted octanol–water partition coefficient (Wildman–Crippen LogP) is 4.61. The van der Waals surface area contributed by atoms with E-state index in [0.29, 0.717) is 29.8 Å². The van der Waals surface area contributed by atoms with Crippen molar-refractivity contribution in [3.05, 3.63) is 0 Å². The summed E-state index contributed by atoms with van der Waals surface area (Å²) in [6, 6.07) is 0. The summed E-state index contributed by atoms with van der Waals surface area (Å²) in [6.45, 7) is 19.0. The van der Waals surface area contributed by atoms with Crippen LogP contribution in [0.2, 0.25) is 16.6 Å². The second-order valence-corrected chi connectivity index (χ2v) is 13.2. The van der Waals surface area contributed by atoms with Crippen molar-refractivity contribution in [1.82, 2.24) is 0 Å². The molecule has 1 heterocycles. The van der Waals surface area contributed by atoms with E-state index in [4.69, 9.17) is 9.47 Å². The molecule has 3 heteroatoms. The van der Waals surface area contributed by atoms with E-state index in [9.17, 15) is 0 Å². The maximum absolute atomic E-state index is 5.63. The van der Waals surface area contributed by atoms with Crippen LogP contribution in [0.1, 0.15) is 55.4 Å².